The van der Waals surface area contributed by atoms with Crippen molar-refractivity contribution in [2.24, 2.45) is 0 Å². The number of rotatable bonds is 5. The molecule has 0 aliphatic carbocycles. The molecule has 0 atom stereocenters. The number of ether oxygens (including phenoxy) is 1. The molecule has 0 N–H and O–H groups in total. The van der Waals surface area contributed by atoms with Crippen molar-refractivity contribution in [1.29, 1.82) is 0 Å². The first-order valence-corrected chi connectivity index (χ1v) is 11.4. The van der Waals surface area contributed by atoms with Gasteiger partial charge in [0, 0.05) is 44.9 Å². The quantitative estimate of drug-likeness (QED) is 0.407. The number of furan rings is 1. The molecule has 0 unspecified atom stereocenters. The van der Waals surface area contributed by atoms with Gasteiger partial charge in [-0.15, -0.1) is 0 Å². The third-order valence-electron chi connectivity index (χ3n) is 6.19. The highest BCUT2D eigenvalue weighted by Gasteiger charge is 2.27. The van der Waals surface area contributed by atoms with Crippen molar-refractivity contribution in [3.8, 4) is 5.75 Å². The Kier molecular flexibility index (Phi) is 5.77. The van der Waals surface area contributed by atoms with E-state index in [1.54, 1.807) is 7.11 Å². The molecule has 7 heteroatoms. The van der Waals surface area contributed by atoms with E-state index >= 15 is 0 Å². The largest absolute Gasteiger partial charge is 0.497 e. The molecule has 0 spiro atoms. The number of halogens is 1. The second-order valence-electron chi connectivity index (χ2n) is 8.30. The van der Waals surface area contributed by atoms with Crippen molar-refractivity contribution >= 4 is 34.3 Å². The number of carbonyl (C=O) groups is 1. The third-order valence-corrected chi connectivity index (χ3v) is 6.51. The van der Waals surface area contributed by atoms with Crippen LogP contribution < -0.4 is 9.64 Å². The second kappa shape index (κ2) is 8.87. The summed E-state index contributed by atoms with van der Waals surface area (Å²) in [6, 6.07) is 19.6. The van der Waals surface area contributed by atoms with E-state index in [-0.39, 0.29) is 5.91 Å². The Morgan fingerprint density at radius 1 is 1.03 bits per heavy atom. The number of methoxy groups -OCH3 is 1. The fraction of sp³-hybridized carbons (Fsp3) is 0.269. The number of anilines is 1. The van der Waals surface area contributed by atoms with E-state index in [4.69, 9.17) is 20.8 Å². The van der Waals surface area contributed by atoms with Crippen LogP contribution in [-0.2, 0) is 6.54 Å². The van der Waals surface area contributed by atoms with Gasteiger partial charge in [0.15, 0.2) is 5.58 Å². The Bertz CT molecular complexity index is 1280. The van der Waals surface area contributed by atoms with E-state index in [0.29, 0.717) is 25.3 Å². The van der Waals surface area contributed by atoms with E-state index in [1.807, 2.05) is 72.5 Å². The summed E-state index contributed by atoms with van der Waals surface area (Å²) < 4.78 is 13.2. The number of amides is 1. The number of para-hydroxylation sites is 1. The maximum absolute atomic E-state index is 13.6. The average molecular weight is 464 g/mol. The van der Waals surface area contributed by atoms with Crippen LogP contribution in [0.4, 0.5) is 5.69 Å². The first kappa shape index (κ1) is 21.5. The summed E-state index contributed by atoms with van der Waals surface area (Å²) in [4.78, 5) is 17.7. The number of benzene rings is 2. The molecule has 1 saturated heterocycles. The molecule has 1 aliphatic rings. The van der Waals surface area contributed by atoms with E-state index in [1.165, 1.54) is 0 Å². The van der Waals surface area contributed by atoms with Crippen LogP contribution in [0.5, 0.6) is 5.75 Å². The molecule has 2 aromatic heterocycles. The van der Waals surface area contributed by atoms with Gasteiger partial charge in [-0.1, -0.05) is 35.9 Å². The summed E-state index contributed by atoms with van der Waals surface area (Å²) >= 11 is 6.37. The average Bonchev–Trinajstić information content (AvgIpc) is 3.36. The molecule has 6 nitrogen and oxygen atoms in total. The van der Waals surface area contributed by atoms with Gasteiger partial charge in [0.25, 0.3) is 5.91 Å². The van der Waals surface area contributed by atoms with Crippen molar-refractivity contribution in [3.05, 3.63) is 82.7 Å². The van der Waals surface area contributed by atoms with Crippen molar-refractivity contribution in [2.45, 2.75) is 13.5 Å². The van der Waals surface area contributed by atoms with Gasteiger partial charge in [0.1, 0.15) is 17.2 Å². The highest BCUT2D eigenvalue weighted by molar-refractivity contribution is 6.33. The van der Waals surface area contributed by atoms with E-state index in [2.05, 4.69) is 9.47 Å². The first-order valence-electron chi connectivity index (χ1n) is 11.0. The molecule has 4 aromatic rings. The Morgan fingerprint density at radius 2 is 1.76 bits per heavy atom. The normalized spacial score (nSPS) is 14.2. The number of piperazine rings is 1. The Labute approximate surface area is 197 Å². The van der Waals surface area contributed by atoms with Crippen LogP contribution in [-0.4, -0.2) is 48.7 Å². The zero-order chi connectivity index (χ0) is 22.9. The van der Waals surface area contributed by atoms with Gasteiger partial charge in [0.05, 0.1) is 23.3 Å². The van der Waals surface area contributed by atoms with Crippen LogP contribution in [0.3, 0.4) is 0 Å². The summed E-state index contributed by atoms with van der Waals surface area (Å²) in [5.74, 6) is 1.66. The van der Waals surface area contributed by atoms with Crippen molar-refractivity contribution < 1.29 is 13.9 Å². The van der Waals surface area contributed by atoms with Crippen LogP contribution in [0.1, 0.15) is 21.8 Å². The molecule has 1 amide bonds. The van der Waals surface area contributed by atoms with Gasteiger partial charge in [-0.25, -0.2) is 0 Å². The zero-order valence-electron chi connectivity index (χ0n) is 18.8. The summed E-state index contributed by atoms with van der Waals surface area (Å²) in [6.45, 7) is 5.25. The van der Waals surface area contributed by atoms with E-state index < -0.39 is 0 Å². The molecule has 1 fully saturated rings. The van der Waals surface area contributed by atoms with Crippen LogP contribution >= 0.6 is 11.6 Å². The minimum absolute atomic E-state index is 0.0198. The molecule has 0 saturated carbocycles. The Hall–Kier alpha value is -3.38. The highest BCUT2D eigenvalue weighted by atomic mass is 35.5. The molecule has 2 aromatic carbocycles. The van der Waals surface area contributed by atoms with Crippen molar-refractivity contribution in [1.82, 2.24) is 9.47 Å². The molecular formula is C26H26ClN3O3. The van der Waals surface area contributed by atoms with Gasteiger partial charge < -0.3 is 23.5 Å². The number of carbonyl (C=O) groups excluding carboxylic acids is 1. The number of fused-ring (bicyclic) bond motifs is 1. The molecule has 0 bridgehead atoms. The van der Waals surface area contributed by atoms with Crippen LogP contribution in [0, 0.1) is 6.92 Å². The maximum atomic E-state index is 13.6. The highest BCUT2D eigenvalue weighted by Crippen LogP contribution is 2.28. The minimum atomic E-state index is 0.0198. The number of nitrogens with zero attached hydrogens (tertiary/aromatic N) is 3. The summed E-state index contributed by atoms with van der Waals surface area (Å²) in [6.07, 6.45) is 0. The van der Waals surface area contributed by atoms with Gasteiger partial charge in [-0.3, -0.25) is 4.79 Å². The fourth-order valence-electron chi connectivity index (χ4n) is 4.45. The predicted molar refractivity (Wildman–Crippen MR) is 131 cm³/mol. The van der Waals surface area contributed by atoms with Gasteiger partial charge in [-0.2, -0.15) is 0 Å². The van der Waals surface area contributed by atoms with Gasteiger partial charge in [0.2, 0.25) is 0 Å². The second-order valence-corrected chi connectivity index (χ2v) is 8.71. The Morgan fingerprint density at radius 3 is 2.45 bits per heavy atom. The fourth-order valence-corrected chi connectivity index (χ4v) is 4.70. The van der Waals surface area contributed by atoms with Crippen LogP contribution in [0.25, 0.3) is 11.1 Å². The lowest BCUT2D eigenvalue weighted by atomic mass is 10.2. The molecule has 5 rings (SSSR count). The van der Waals surface area contributed by atoms with Crippen molar-refractivity contribution in [3.63, 3.8) is 0 Å². The first-order chi connectivity index (χ1) is 16.0. The monoisotopic (exact) mass is 463 g/mol. The lowest BCUT2D eigenvalue weighted by Crippen LogP contribution is -2.49. The molecule has 33 heavy (non-hydrogen) atoms. The zero-order valence-corrected chi connectivity index (χ0v) is 19.5. The number of hydrogen-bond donors (Lipinski definition) is 0. The van der Waals surface area contributed by atoms with Crippen LogP contribution in [0.2, 0.25) is 5.02 Å². The summed E-state index contributed by atoms with van der Waals surface area (Å²) in [5, 5.41) is 0.737. The molecular weight excluding hydrogens is 438 g/mol. The SMILES string of the molecule is COc1ccc(Cn2c(C(=O)N3CCN(c4ccccc4Cl)CC3)cc3oc(C)cc32)cc1. The Balaban J connectivity index is 1.39. The molecule has 3 heterocycles. The third kappa shape index (κ3) is 4.18. The lowest BCUT2D eigenvalue weighted by molar-refractivity contribution is 0.0737. The lowest BCUT2D eigenvalue weighted by Gasteiger charge is -2.36. The minimum Gasteiger partial charge on any atom is -0.497 e. The van der Waals surface area contributed by atoms with Crippen molar-refractivity contribution in [2.75, 3.05) is 38.2 Å². The summed E-state index contributed by atoms with van der Waals surface area (Å²) in [7, 11) is 1.65. The van der Waals surface area contributed by atoms with Crippen LogP contribution in [0.15, 0.2) is 65.1 Å². The maximum Gasteiger partial charge on any atom is 0.270 e. The van der Waals surface area contributed by atoms with Gasteiger partial charge >= 0.3 is 0 Å². The predicted octanol–water partition coefficient (Wildman–Crippen LogP) is 5.22. The molecule has 1 aliphatic heterocycles. The number of aryl methyl sites for hydroxylation is 1. The summed E-state index contributed by atoms with van der Waals surface area (Å²) in [5.41, 5.74) is 4.41. The molecule has 0 radical (unpaired) electrons. The number of hydrogen-bond acceptors (Lipinski definition) is 4. The topological polar surface area (TPSA) is 50.9 Å². The smallest absolute Gasteiger partial charge is 0.270 e. The number of aromatic nitrogens is 1. The van der Waals surface area contributed by atoms with E-state index in [9.17, 15) is 4.79 Å². The standard InChI is InChI=1S/C26H26ClN3O3/c1-18-15-23-25(33-18)16-24(30(23)17-19-7-9-20(32-2)10-8-19)26(31)29-13-11-28(12-14-29)22-6-4-3-5-21(22)27/h3-10,15-16H,11-14,17H2,1-2H3. The van der Waals surface area contributed by atoms with Gasteiger partial charge in [-0.05, 0) is 36.8 Å². The van der Waals surface area contributed by atoms with E-state index in [0.717, 1.165) is 52.0 Å². The molecule has 170 valence electrons.